The van der Waals surface area contributed by atoms with Crippen molar-refractivity contribution >= 4 is 29.2 Å². The Bertz CT molecular complexity index is 761. The van der Waals surface area contributed by atoms with Crippen LogP contribution in [0.15, 0.2) is 12.1 Å². The van der Waals surface area contributed by atoms with E-state index in [2.05, 4.69) is 10.2 Å². The van der Waals surface area contributed by atoms with E-state index in [9.17, 15) is 9.59 Å². The number of hydrogen-bond acceptors (Lipinski definition) is 7. The van der Waals surface area contributed by atoms with Crippen molar-refractivity contribution < 1.29 is 23.8 Å². The summed E-state index contributed by atoms with van der Waals surface area (Å²) in [7, 11) is 3.07. The van der Waals surface area contributed by atoms with Crippen molar-refractivity contribution in [2.75, 3.05) is 39.7 Å². The van der Waals surface area contributed by atoms with Gasteiger partial charge in [-0.25, -0.2) is 0 Å². The topological polar surface area (TPSA) is 103 Å². The Morgan fingerprint density at radius 1 is 1.20 bits per heavy atom. The number of nitrogens with zero attached hydrogens (tertiary/aromatic N) is 1. The van der Waals surface area contributed by atoms with E-state index in [-0.39, 0.29) is 24.5 Å². The SMILES string of the molecule is COCCOC(=O)CCN1C2CCC1CC(NC(=O)c1cc(Cl)c(N)cc1OC)C2. The van der Waals surface area contributed by atoms with Gasteiger partial charge in [-0.15, -0.1) is 0 Å². The van der Waals surface area contributed by atoms with Crippen LogP contribution in [0, 0.1) is 0 Å². The van der Waals surface area contributed by atoms with Crippen LogP contribution in [0.3, 0.4) is 0 Å². The van der Waals surface area contributed by atoms with E-state index in [0.717, 1.165) is 25.7 Å². The number of esters is 1. The number of nitrogens with two attached hydrogens (primary N) is 1. The fraction of sp³-hybridized carbons (Fsp3) is 0.619. The van der Waals surface area contributed by atoms with Gasteiger partial charge in [-0.2, -0.15) is 0 Å². The van der Waals surface area contributed by atoms with E-state index in [1.54, 1.807) is 19.2 Å². The summed E-state index contributed by atoms with van der Waals surface area (Å²) in [5.41, 5.74) is 6.56. The Morgan fingerprint density at radius 2 is 1.90 bits per heavy atom. The lowest BCUT2D eigenvalue weighted by molar-refractivity contribution is -0.145. The van der Waals surface area contributed by atoms with E-state index < -0.39 is 0 Å². The van der Waals surface area contributed by atoms with Gasteiger partial charge in [0.1, 0.15) is 12.4 Å². The number of hydrogen-bond donors (Lipinski definition) is 2. The first-order valence-electron chi connectivity index (χ1n) is 10.3. The number of fused-ring (bicyclic) bond motifs is 2. The molecular weight excluding hydrogens is 410 g/mol. The lowest BCUT2D eigenvalue weighted by atomic mass is 9.96. The van der Waals surface area contributed by atoms with Gasteiger partial charge in [0.25, 0.3) is 5.91 Å². The van der Waals surface area contributed by atoms with Crippen LogP contribution in [0.2, 0.25) is 5.02 Å². The Hall–Kier alpha value is -2.03. The largest absolute Gasteiger partial charge is 0.496 e. The fourth-order valence-corrected chi connectivity index (χ4v) is 4.63. The number of anilines is 1. The molecule has 1 aromatic rings. The van der Waals surface area contributed by atoms with Gasteiger partial charge in [-0.3, -0.25) is 14.5 Å². The maximum absolute atomic E-state index is 12.8. The molecule has 2 aliphatic rings. The summed E-state index contributed by atoms with van der Waals surface area (Å²) in [6, 6.07) is 3.90. The van der Waals surface area contributed by atoms with E-state index in [0.29, 0.717) is 53.7 Å². The van der Waals surface area contributed by atoms with Crippen LogP contribution in [-0.2, 0) is 14.3 Å². The zero-order valence-corrected chi connectivity index (χ0v) is 18.2. The average Bonchev–Trinajstić information content (AvgIpc) is 2.96. The van der Waals surface area contributed by atoms with Crippen molar-refractivity contribution in [2.24, 2.45) is 0 Å². The van der Waals surface area contributed by atoms with Crippen LogP contribution in [-0.4, -0.2) is 68.9 Å². The van der Waals surface area contributed by atoms with Gasteiger partial charge >= 0.3 is 5.97 Å². The Kier molecular flexibility index (Phi) is 7.80. The Balaban J connectivity index is 1.54. The second-order valence-corrected chi connectivity index (χ2v) is 8.21. The number of benzene rings is 1. The highest BCUT2D eigenvalue weighted by molar-refractivity contribution is 6.33. The van der Waals surface area contributed by atoms with Gasteiger partial charge in [0.15, 0.2) is 0 Å². The number of halogens is 1. The smallest absolute Gasteiger partial charge is 0.307 e. The molecule has 30 heavy (non-hydrogen) atoms. The minimum Gasteiger partial charge on any atom is -0.496 e. The van der Waals surface area contributed by atoms with E-state index in [1.807, 2.05) is 0 Å². The molecule has 2 unspecified atom stereocenters. The summed E-state index contributed by atoms with van der Waals surface area (Å²) >= 11 is 6.09. The Labute approximate surface area is 182 Å². The van der Waals surface area contributed by atoms with E-state index in [1.165, 1.54) is 7.11 Å². The monoisotopic (exact) mass is 439 g/mol. The normalized spacial score (nSPS) is 23.2. The minimum absolute atomic E-state index is 0.0703. The molecule has 0 aliphatic carbocycles. The van der Waals surface area contributed by atoms with Crippen LogP contribution in [0.1, 0.15) is 42.5 Å². The lowest BCUT2D eigenvalue weighted by Gasteiger charge is -2.39. The van der Waals surface area contributed by atoms with E-state index >= 15 is 0 Å². The van der Waals surface area contributed by atoms with Crippen molar-refractivity contribution in [1.82, 2.24) is 10.2 Å². The maximum Gasteiger partial charge on any atom is 0.307 e. The first-order chi connectivity index (χ1) is 14.4. The summed E-state index contributed by atoms with van der Waals surface area (Å²) in [5, 5.41) is 3.45. The number of methoxy groups -OCH3 is 2. The average molecular weight is 440 g/mol. The highest BCUT2D eigenvalue weighted by Crippen LogP contribution is 2.36. The minimum atomic E-state index is -0.215. The van der Waals surface area contributed by atoms with Gasteiger partial charge in [0.05, 0.1) is 36.4 Å². The van der Waals surface area contributed by atoms with Crippen molar-refractivity contribution in [3.8, 4) is 5.75 Å². The van der Waals surface area contributed by atoms with Crippen LogP contribution in [0.5, 0.6) is 5.75 Å². The highest BCUT2D eigenvalue weighted by Gasteiger charge is 2.41. The maximum atomic E-state index is 12.8. The number of rotatable bonds is 9. The summed E-state index contributed by atoms with van der Waals surface area (Å²) in [6.45, 7) is 1.38. The van der Waals surface area contributed by atoms with Crippen molar-refractivity contribution in [2.45, 2.75) is 50.2 Å². The molecule has 2 atom stereocenters. The molecule has 9 heteroatoms. The molecule has 8 nitrogen and oxygen atoms in total. The molecule has 2 bridgehead atoms. The second-order valence-electron chi connectivity index (χ2n) is 7.80. The van der Waals surface area contributed by atoms with Gasteiger partial charge in [-0.05, 0) is 31.7 Å². The predicted molar refractivity (Wildman–Crippen MR) is 114 cm³/mol. The number of piperidine rings is 1. The summed E-state index contributed by atoms with van der Waals surface area (Å²) in [4.78, 5) is 27.1. The molecule has 0 radical (unpaired) electrons. The first-order valence-corrected chi connectivity index (χ1v) is 10.6. The van der Waals surface area contributed by atoms with Crippen molar-refractivity contribution in [3.05, 3.63) is 22.7 Å². The number of amides is 1. The van der Waals surface area contributed by atoms with Crippen molar-refractivity contribution in [1.29, 1.82) is 0 Å². The molecule has 1 amide bonds. The summed E-state index contributed by atoms with van der Waals surface area (Å²) in [5.74, 6) is -0.00989. The van der Waals surface area contributed by atoms with Gasteiger partial charge < -0.3 is 25.3 Å². The van der Waals surface area contributed by atoms with Crippen molar-refractivity contribution in [3.63, 3.8) is 0 Å². The van der Waals surface area contributed by atoms with Gasteiger partial charge in [0.2, 0.25) is 0 Å². The number of nitrogens with one attached hydrogen (secondary N) is 1. The third-order valence-electron chi connectivity index (χ3n) is 5.91. The molecule has 3 rings (SSSR count). The van der Waals surface area contributed by atoms with Crippen LogP contribution in [0.4, 0.5) is 5.69 Å². The molecule has 2 fully saturated rings. The van der Waals surface area contributed by atoms with E-state index in [4.69, 9.17) is 31.5 Å². The van der Waals surface area contributed by atoms with Gasteiger partial charge in [0, 0.05) is 37.8 Å². The zero-order valence-electron chi connectivity index (χ0n) is 17.5. The summed E-state index contributed by atoms with van der Waals surface area (Å²) < 4.78 is 15.3. The molecule has 0 saturated carbocycles. The first kappa shape index (κ1) is 22.7. The van der Waals surface area contributed by atoms with Crippen LogP contribution in [0.25, 0.3) is 0 Å². The number of ether oxygens (including phenoxy) is 3. The third kappa shape index (κ3) is 5.36. The molecule has 3 N–H and O–H groups in total. The predicted octanol–water partition coefficient (Wildman–Crippen LogP) is 2.24. The summed E-state index contributed by atoms with van der Waals surface area (Å²) in [6.07, 6.45) is 4.23. The fourth-order valence-electron chi connectivity index (χ4n) is 4.47. The third-order valence-corrected chi connectivity index (χ3v) is 6.23. The molecule has 1 aromatic carbocycles. The molecule has 2 heterocycles. The molecule has 2 aliphatic heterocycles. The Morgan fingerprint density at radius 3 is 2.53 bits per heavy atom. The van der Waals surface area contributed by atoms with Gasteiger partial charge in [-0.1, -0.05) is 11.6 Å². The van der Waals surface area contributed by atoms with Crippen LogP contribution >= 0.6 is 11.6 Å². The standard InChI is InChI=1S/C21H30ClN3O5/c1-28-7-8-30-20(26)5-6-25-14-3-4-15(25)10-13(9-14)24-21(27)16-11-17(22)18(23)12-19(16)29-2/h11-15H,3-10,23H2,1-2H3,(H,24,27). The van der Waals surface area contributed by atoms with Crippen LogP contribution < -0.4 is 15.8 Å². The second kappa shape index (κ2) is 10.3. The number of nitrogen functional groups attached to an aromatic ring is 1. The number of carbonyl (C=O) groups excluding carboxylic acids is 2. The highest BCUT2D eigenvalue weighted by atomic mass is 35.5. The quantitative estimate of drug-likeness (QED) is 0.345. The molecule has 0 aromatic heterocycles. The lowest BCUT2D eigenvalue weighted by Crippen LogP contribution is -2.50. The molecule has 0 spiro atoms. The number of carbonyl (C=O) groups is 2. The molecular formula is C21H30ClN3O5. The zero-order chi connectivity index (χ0) is 21.7. The molecule has 2 saturated heterocycles. The molecule has 166 valence electrons.